The van der Waals surface area contributed by atoms with Gasteiger partial charge in [0, 0.05) is 17.6 Å². The normalized spacial score (nSPS) is 12.2. The zero-order chi connectivity index (χ0) is 16.2. The van der Waals surface area contributed by atoms with Crippen LogP contribution in [0.4, 0.5) is 0 Å². The van der Waals surface area contributed by atoms with Crippen LogP contribution >= 0.6 is 11.3 Å². The van der Waals surface area contributed by atoms with Crippen LogP contribution in [0.5, 0.6) is 0 Å². The first-order chi connectivity index (χ1) is 11.1. The number of carbonyl (C=O) groups excluding carboxylic acids is 1. The van der Waals surface area contributed by atoms with E-state index in [1.807, 2.05) is 37.3 Å². The van der Waals surface area contributed by atoms with Crippen LogP contribution in [-0.2, 0) is 16.1 Å². The van der Waals surface area contributed by atoms with Gasteiger partial charge in [0.1, 0.15) is 6.61 Å². The number of ether oxygens (including phenoxy) is 1. The van der Waals surface area contributed by atoms with Gasteiger partial charge in [0.25, 0.3) is 5.56 Å². The molecule has 2 heterocycles. The molecule has 0 aliphatic carbocycles. The maximum absolute atomic E-state index is 12.0. The Labute approximate surface area is 137 Å². The number of benzene rings is 1. The summed E-state index contributed by atoms with van der Waals surface area (Å²) in [6.45, 7) is 2.00. The van der Waals surface area contributed by atoms with E-state index in [9.17, 15) is 9.59 Å². The molecule has 3 rings (SSSR count). The lowest BCUT2D eigenvalue weighted by Crippen LogP contribution is -2.15. The van der Waals surface area contributed by atoms with Gasteiger partial charge < -0.3 is 4.74 Å². The van der Waals surface area contributed by atoms with E-state index in [2.05, 4.69) is 4.98 Å². The highest BCUT2D eigenvalue weighted by Crippen LogP contribution is 2.19. The van der Waals surface area contributed by atoms with Crippen LogP contribution in [0.1, 0.15) is 30.5 Å². The third kappa shape index (κ3) is 3.65. The van der Waals surface area contributed by atoms with Crippen LogP contribution in [0.2, 0.25) is 0 Å². The zero-order valence-electron chi connectivity index (χ0n) is 12.6. The molecule has 5 nitrogen and oxygen atoms in total. The number of hydrogen-bond acceptors (Lipinski definition) is 5. The largest absolute Gasteiger partial charge is 0.459 e. The molecule has 0 aliphatic rings. The van der Waals surface area contributed by atoms with Crippen LogP contribution in [-0.4, -0.2) is 15.4 Å². The first kappa shape index (κ1) is 15.4. The van der Waals surface area contributed by atoms with E-state index in [0.29, 0.717) is 17.1 Å². The molecule has 0 saturated carbocycles. The van der Waals surface area contributed by atoms with E-state index >= 15 is 0 Å². The maximum Gasteiger partial charge on any atom is 0.306 e. The van der Waals surface area contributed by atoms with Crippen LogP contribution in [0, 0.1) is 0 Å². The molecule has 6 heteroatoms. The van der Waals surface area contributed by atoms with Gasteiger partial charge in [0.15, 0.2) is 4.96 Å². The van der Waals surface area contributed by atoms with Crippen LogP contribution in [0.25, 0.3) is 4.96 Å². The van der Waals surface area contributed by atoms with Crippen LogP contribution in [0.3, 0.4) is 0 Å². The highest BCUT2D eigenvalue weighted by molar-refractivity contribution is 7.15. The van der Waals surface area contributed by atoms with Crippen molar-refractivity contribution < 1.29 is 9.53 Å². The van der Waals surface area contributed by atoms with Crippen molar-refractivity contribution >= 4 is 22.3 Å². The van der Waals surface area contributed by atoms with Gasteiger partial charge >= 0.3 is 5.97 Å². The van der Waals surface area contributed by atoms with Crippen LogP contribution in [0.15, 0.2) is 52.8 Å². The number of carbonyl (C=O) groups is 1. The Morgan fingerprint density at radius 1 is 1.35 bits per heavy atom. The zero-order valence-corrected chi connectivity index (χ0v) is 13.5. The van der Waals surface area contributed by atoms with Gasteiger partial charge in [-0.1, -0.05) is 37.3 Å². The summed E-state index contributed by atoms with van der Waals surface area (Å²) in [5.74, 6) is -0.211. The molecule has 23 heavy (non-hydrogen) atoms. The van der Waals surface area contributed by atoms with Gasteiger partial charge in [-0.15, -0.1) is 11.3 Å². The molecule has 0 fully saturated rings. The van der Waals surface area contributed by atoms with Gasteiger partial charge in [-0.2, -0.15) is 0 Å². The Hall–Kier alpha value is -2.47. The van der Waals surface area contributed by atoms with E-state index in [4.69, 9.17) is 4.74 Å². The number of fused-ring (bicyclic) bond motifs is 1. The molecule has 0 radical (unpaired) electrons. The summed E-state index contributed by atoms with van der Waals surface area (Å²) in [5, 5.41) is 1.79. The Morgan fingerprint density at radius 2 is 2.13 bits per heavy atom. The van der Waals surface area contributed by atoms with Crippen molar-refractivity contribution in [2.45, 2.75) is 25.9 Å². The van der Waals surface area contributed by atoms with Gasteiger partial charge in [-0.25, -0.2) is 4.98 Å². The number of rotatable bonds is 5. The Balaban J connectivity index is 1.61. The summed E-state index contributed by atoms with van der Waals surface area (Å²) in [6, 6.07) is 11.2. The van der Waals surface area contributed by atoms with Crippen molar-refractivity contribution in [1.29, 1.82) is 0 Å². The second-order valence-corrected chi connectivity index (χ2v) is 6.19. The first-order valence-electron chi connectivity index (χ1n) is 7.30. The summed E-state index contributed by atoms with van der Waals surface area (Å²) in [4.78, 5) is 28.7. The van der Waals surface area contributed by atoms with Crippen LogP contribution < -0.4 is 5.56 Å². The minimum atomic E-state index is -0.297. The van der Waals surface area contributed by atoms with E-state index in [1.54, 1.807) is 11.6 Å². The number of aromatic nitrogens is 2. The molecule has 3 aromatic rings. The van der Waals surface area contributed by atoms with E-state index < -0.39 is 0 Å². The quantitative estimate of drug-likeness (QED) is 0.676. The minimum Gasteiger partial charge on any atom is -0.459 e. The van der Waals surface area contributed by atoms with Crippen molar-refractivity contribution in [2.75, 3.05) is 0 Å². The van der Waals surface area contributed by atoms with Gasteiger partial charge in [-0.05, 0) is 11.5 Å². The molecule has 0 bridgehead atoms. The summed E-state index contributed by atoms with van der Waals surface area (Å²) in [5.41, 5.74) is 1.40. The van der Waals surface area contributed by atoms with E-state index in [0.717, 1.165) is 5.56 Å². The minimum absolute atomic E-state index is 0.0178. The predicted molar refractivity (Wildman–Crippen MR) is 88.6 cm³/mol. The molecule has 0 saturated heterocycles. The molecule has 2 aromatic heterocycles. The highest BCUT2D eigenvalue weighted by Gasteiger charge is 2.13. The van der Waals surface area contributed by atoms with E-state index in [1.165, 1.54) is 21.8 Å². The van der Waals surface area contributed by atoms with Gasteiger partial charge in [0.05, 0.1) is 12.1 Å². The fourth-order valence-electron chi connectivity index (χ4n) is 2.32. The topological polar surface area (TPSA) is 60.7 Å². The maximum atomic E-state index is 12.0. The third-order valence-electron chi connectivity index (χ3n) is 3.58. The highest BCUT2D eigenvalue weighted by atomic mass is 32.1. The molecule has 0 N–H and O–H groups in total. The van der Waals surface area contributed by atoms with Crippen molar-refractivity contribution in [1.82, 2.24) is 9.38 Å². The van der Waals surface area contributed by atoms with Gasteiger partial charge in [0.2, 0.25) is 0 Å². The molecule has 0 spiro atoms. The van der Waals surface area contributed by atoms with E-state index in [-0.39, 0.29) is 24.1 Å². The Kier molecular flexibility index (Phi) is 4.52. The lowest BCUT2D eigenvalue weighted by atomic mass is 9.98. The molecule has 1 atom stereocenters. The number of nitrogens with zero attached hydrogens (tertiary/aromatic N) is 2. The molecule has 1 aromatic carbocycles. The molecule has 0 aliphatic heterocycles. The summed E-state index contributed by atoms with van der Waals surface area (Å²) in [6.07, 6.45) is 1.97. The lowest BCUT2D eigenvalue weighted by Gasteiger charge is -2.11. The average molecular weight is 328 g/mol. The third-order valence-corrected chi connectivity index (χ3v) is 4.34. The average Bonchev–Trinajstić information content (AvgIpc) is 3.03. The standard InChI is InChI=1S/C17H16N2O3S/c1-12(13-5-3-2-4-6-13)9-16(21)22-11-14-10-15(20)19-7-8-23-17(19)18-14/h2-8,10,12H,9,11H2,1H3/t12-/m0/s1. The lowest BCUT2D eigenvalue weighted by molar-refractivity contribution is -0.145. The second kappa shape index (κ2) is 6.75. The number of esters is 1. The number of hydrogen-bond donors (Lipinski definition) is 0. The molecule has 118 valence electrons. The predicted octanol–water partition coefficient (Wildman–Crippen LogP) is 2.99. The summed E-state index contributed by atoms with van der Waals surface area (Å²) < 4.78 is 6.72. The summed E-state index contributed by atoms with van der Waals surface area (Å²) >= 11 is 1.37. The van der Waals surface area contributed by atoms with Gasteiger partial charge in [-0.3, -0.25) is 14.0 Å². The second-order valence-electron chi connectivity index (χ2n) is 5.32. The Morgan fingerprint density at radius 3 is 2.91 bits per heavy atom. The fourth-order valence-corrected chi connectivity index (χ4v) is 3.06. The monoisotopic (exact) mass is 328 g/mol. The first-order valence-corrected chi connectivity index (χ1v) is 8.18. The molecule has 0 unspecified atom stereocenters. The van der Waals surface area contributed by atoms with Crippen molar-refractivity contribution in [3.63, 3.8) is 0 Å². The van der Waals surface area contributed by atoms with Crippen molar-refractivity contribution in [2.24, 2.45) is 0 Å². The van der Waals surface area contributed by atoms with Crippen molar-refractivity contribution in [3.05, 3.63) is 69.6 Å². The molecular formula is C17H16N2O3S. The fraction of sp³-hybridized carbons (Fsp3) is 0.235. The molecular weight excluding hydrogens is 312 g/mol. The van der Waals surface area contributed by atoms with Crippen molar-refractivity contribution in [3.8, 4) is 0 Å². The number of thiazole rings is 1. The molecule has 0 amide bonds. The smallest absolute Gasteiger partial charge is 0.306 e. The summed E-state index contributed by atoms with van der Waals surface area (Å²) in [7, 11) is 0. The SMILES string of the molecule is C[C@@H](CC(=O)OCc1cc(=O)n2ccsc2n1)c1ccccc1. The Bertz CT molecular complexity index is 870.